The van der Waals surface area contributed by atoms with E-state index in [4.69, 9.17) is 37.0 Å². The maximum atomic E-state index is 13.1. The molecule has 0 aliphatic rings. The number of rotatable bonds is 78. The number of carbonyl (C=O) groups is 4. The van der Waals surface area contributed by atoms with E-state index in [1.807, 2.05) is 0 Å². The second-order valence-corrected chi connectivity index (χ2v) is 33.1. The monoisotopic (exact) mass is 1450 g/mol. The normalized spacial score (nSPS) is 14.0. The van der Waals surface area contributed by atoms with Crippen molar-refractivity contribution in [3.8, 4) is 0 Å². The molecule has 0 saturated heterocycles. The summed E-state index contributed by atoms with van der Waals surface area (Å²) in [7, 11) is -9.92. The fraction of sp³-hybridized carbons (Fsp3) is 0.950. The van der Waals surface area contributed by atoms with Crippen molar-refractivity contribution >= 4 is 39.5 Å². The fourth-order valence-corrected chi connectivity index (χ4v) is 13.9. The maximum Gasteiger partial charge on any atom is 0.472 e. The first-order valence-corrected chi connectivity index (χ1v) is 44.3. The Balaban J connectivity index is 5.24. The SMILES string of the molecule is CCCCCCCCCCCCCC(=O)OC[C@H](COP(=O)(O)OC[C@H](O)COP(=O)(O)OC[C@@H](COC(=O)CCCCCCCCCCCCCCCCC(C)C)OC(=O)CCCCCCCCCCCCCCCCCCC(C)C)OC(=O)CCCCCCCCCCCC(C)C. The molecule has 0 radical (unpaired) electrons. The van der Waals surface area contributed by atoms with Crippen LogP contribution in [0.3, 0.4) is 0 Å². The van der Waals surface area contributed by atoms with Gasteiger partial charge in [0, 0.05) is 25.7 Å². The van der Waals surface area contributed by atoms with Gasteiger partial charge in [-0.3, -0.25) is 37.3 Å². The number of phosphoric acid groups is 2. The van der Waals surface area contributed by atoms with Crippen molar-refractivity contribution < 1.29 is 80.2 Å². The molecule has 0 bridgehead atoms. The van der Waals surface area contributed by atoms with Crippen LogP contribution in [-0.2, 0) is 65.4 Å². The molecule has 0 amide bonds. The summed E-state index contributed by atoms with van der Waals surface area (Å²) >= 11 is 0. The highest BCUT2D eigenvalue weighted by Crippen LogP contribution is 2.45. The Morgan fingerprint density at radius 2 is 0.465 bits per heavy atom. The van der Waals surface area contributed by atoms with Crippen LogP contribution in [0.4, 0.5) is 0 Å². The third kappa shape index (κ3) is 74.1. The van der Waals surface area contributed by atoms with E-state index in [0.29, 0.717) is 25.7 Å². The molecule has 0 heterocycles. The van der Waals surface area contributed by atoms with Gasteiger partial charge in [-0.1, -0.05) is 363 Å². The zero-order valence-electron chi connectivity index (χ0n) is 65.0. The van der Waals surface area contributed by atoms with E-state index in [2.05, 4.69) is 48.5 Å². The van der Waals surface area contributed by atoms with Gasteiger partial charge in [0.1, 0.15) is 19.3 Å². The molecule has 0 spiro atoms. The van der Waals surface area contributed by atoms with Crippen LogP contribution in [0.15, 0.2) is 0 Å². The third-order valence-electron chi connectivity index (χ3n) is 18.6. The van der Waals surface area contributed by atoms with Gasteiger partial charge in [-0.05, 0) is 43.4 Å². The highest BCUT2D eigenvalue weighted by molar-refractivity contribution is 7.47. The standard InChI is InChI=1S/C80H156O17P2/c1-8-9-10-11-12-13-24-33-40-47-54-61-77(82)90-68-76(97-80(85)64-57-50-43-36-29-32-39-46-53-60-73(6)7)70-95-99(88,89)93-66-74(81)65-92-98(86,87)94-69-75(67-91-78(83)62-55-48-41-34-27-22-19-18-21-26-31-38-45-52-59-72(4)5)96-79(84)63-56-49-42-35-28-23-17-15-14-16-20-25-30-37-44-51-58-71(2)3/h71-76,81H,8-70H2,1-7H3,(H,86,87)(H,88,89)/t74-,75-,76-/m1/s1. The molecule has 0 aliphatic heterocycles. The van der Waals surface area contributed by atoms with Gasteiger partial charge in [-0.15, -0.1) is 0 Å². The molecule has 0 fully saturated rings. The molecule has 0 aromatic heterocycles. The number of phosphoric ester groups is 2. The van der Waals surface area contributed by atoms with Gasteiger partial charge in [-0.25, -0.2) is 9.13 Å². The number of hydrogen-bond donors (Lipinski definition) is 3. The van der Waals surface area contributed by atoms with Gasteiger partial charge >= 0.3 is 39.5 Å². The van der Waals surface area contributed by atoms with Crippen LogP contribution < -0.4 is 0 Å². The molecule has 0 aromatic rings. The van der Waals surface area contributed by atoms with Gasteiger partial charge in [0.25, 0.3) is 0 Å². The van der Waals surface area contributed by atoms with Crippen LogP contribution in [0.25, 0.3) is 0 Å². The fourth-order valence-electron chi connectivity index (χ4n) is 12.3. The average molecular weight is 1450 g/mol. The van der Waals surface area contributed by atoms with Crippen LogP contribution in [0.1, 0.15) is 414 Å². The smallest absolute Gasteiger partial charge is 0.462 e. The van der Waals surface area contributed by atoms with Crippen molar-refractivity contribution in [3.63, 3.8) is 0 Å². The minimum absolute atomic E-state index is 0.106. The zero-order chi connectivity index (χ0) is 73.0. The van der Waals surface area contributed by atoms with Crippen LogP contribution in [0.5, 0.6) is 0 Å². The number of aliphatic hydroxyl groups is 1. The number of hydrogen-bond acceptors (Lipinski definition) is 15. The summed E-state index contributed by atoms with van der Waals surface area (Å²) in [5.41, 5.74) is 0. The van der Waals surface area contributed by atoms with E-state index in [-0.39, 0.29) is 25.7 Å². The molecule has 588 valence electrons. The van der Waals surface area contributed by atoms with E-state index in [0.717, 1.165) is 108 Å². The predicted octanol–water partition coefficient (Wildman–Crippen LogP) is 23.7. The van der Waals surface area contributed by atoms with Crippen LogP contribution in [0, 0.1) is 17.8 Å². The second kappa shape index (κ2) is 70.4. The number of esters is 4. The van der Waals surface area contributed by atoms with E-state index in [9.17, 15) is 43.2 Å². The summed E-state index contributed by atoms with van der Waals surface area (Å²) in [6.07, 6.45) is 58.2. The maximum absolute atomic E-state index is 13.1. The lowest BCUT2D eigenvalue weighted by atomic mass is 10.0. The Morgan fingerprint density at radius 3 is 0.687 bits per heavy atom. The number of carbonyl (C=O) groups excluding carboxylic acids is 4. The quantitative estimate of drug-likeness (QED) is 0.0222. The average Bonchev–Trinajstić information content (AvgIpc) is 1.10. The summed E-state index contributed by atoms with van der Waals surface area (Å²) in [4.78, 5) is 73.0. The largest absolute Gasteiger partial charge is 0.472 e. The first-order valence-electron chi connectivity index (χ1n) is 41.3. The van der Waals surface area contributed by atoms with E-state index in [1.165, 1.54) is 225 Å². The molecule has 0 rings (SSSR count). The molecule has 5 atom stereocenters. The van der Waals surface area contributed by atoms with Crippen molar-refractivity contribution in [2.75, 3.05) is 39.6 Å². The molecule has 0 saturated carbocycles. The second-order valence-electron chi connectivity index (χ2n) is 30.2. The van der Waals surface area contributed by atoms with E-state index < -0.39 is 97.5 Å². The lowest BCUT2D eigenvalue weighted by Crippen LogP contribution is -2.30. The number of ether oxygens (including phenoxy) is 4. The minimum atomic E-state index is -4.96. The molecular weight excluding hydrogens is 1290 g/mol. The molecule has 0 aliphatic carbocycles. The Labute approximate surface area is 607 Å². The van der Waals surface area contributed by atoms with Crippen molar-refractivity contribution in [1.29, 1.82) is 0 Å². The highest BCUT2D eigenvalue weighted by Gasteiger charge is 2.30. The van der Waals surface area contributed by atoms with Gasteiger partial charge in [0.2, 0.25) is 0 Å². The Hall–Kier alpha value is -1.94. The van der Waals surface area contributed by atoms with Gasteiger partial charge in [0.15, 0.2) is 12.2 Å². The number of unbranched alkanes of at least 4 members (excludes halogenated alkanes) is 46. The summed E-state index contributed by atoms with van der Waals surface area (Å²) in [6, 6.07) is 0. The predicted molar refractivity (Wildman–Crippen MR) is 405 cm³/mol. The molecule has 99 heavy (non-hydrogen) atoms. The molecule has 2 unspecified atom stereocenters. The van der Waals surface area contributed by atoms with Crippen LogP contribution in [-0.4, -0.2) is 96.7 Å². The number of aliphatic hydroxyl groups excluding tert-OH is 1. The van der Waals surface area contributed by atoms with Gasteiger partial charge < -0.3 is 33.8 Å². The summed E-state index contributed by atoms with van der Waals surface area (Å²) in [6.45, 7) is 12.0. The van der Waals surface area contributed by atoms with Gasteiger partial charge in [-0.2, -0.15) is 0 Å². The summed E-state index contributed by atoms with van der Waals surface area (Å²) in [5.74, 6) is 0.233. The topological polar surface area (TPSA) is 237 Å². The summed E-state index contributed by atoms with van der Waals surface area (Å²) in [5, 5.41) is 10.6. The van der Waals surface area contributed by atoms with Crippen LogP contribution in [0.2, 0.25) is 0 Å². The summed E-state index contributed by atoms with van der Waals surface area (Å²) < 4.78 is 68.7. The van der Waals surface area contributed by atoms with Crippen LogP contribution >= 0.6 is 15.6 Å². The minimum Gasteiger partial charge on any atom is -0.462 e. The van der Waals surface area contributed by atoms with Crippen molar-refractivity contribution in [2.24, 2.45) is 17.8 Å². The molecule has 3 N–H and O–H groups in total. The van der Waals surface area contributed by atoms with Crippen molar-refractivity contribution in [2.45, 2.75) is 433 Å². The zero-order valence-corrected chi connectivity index (χ0v) is 66.8. The first kappa shape index (κ1) is 97.1. The molecular formula is C80H156O17P2. The lowest BCUT2D eigenvalue weighted by molar-refractivity contribution is -0.161. The van der Waals surface area contributed by atoms with E-state index >= 15 is 0 Å². The molecule has 0 aromatic carbocycles. The molecule has 19 heteroatoms. The third-order valence-corrected chi connectivity index (χ3v) is 20.5. The highest BCUT2D eigenvalue weighted by atomic mass is 31.2. The Morgan fingerprint density at radius 1 is 0.273 bits per heavy atom. The van der Waals surface area contributed by atoms with E-state index in [1.54, 1.807) is 0 Å². The Kier molecular flexibility index (Phi) is 69.0. The van der Waals surface area contributed by atoms with Crippen molar-refractivity contribution in [1.82, 2.24) is 0 Å². The Bertz CT molecular complexity index is 1920. The van der Waals surface area contributed by atoms with Crippen molar-refractivity contribution in [3.05, 3.63) is 0 Å². The first-order chi connectivity index (χ1) is 47.7. The molecule has 17 nitrogen and oxygen atoms in total. The lowest BCUT2D eigenvalue weighted by Gasteiger charge is -2.21. The van der Waals surface area contributed by atoms with Gasteiger partial charge in [0.05, 0.1) is 26.4 Å².